The van der Waals surface area contributed by atoms with Gasteiger partial charge >= 0.3 is 30.1 Å². The minimum atomic E-state index is -6.86. The number of carbonyl (C=O) groups is 1. The lowest BCUT2D eigenvalue weighted by Crippen LogP contribution is -2.76. The van der Waals surface area contributed by atoms with Crippen LogP contribution in [0.5, 0.6) is 0 Å². The smallest absolute Gasteiger partial charge is 0.332 e. The van der Waals surface area contributed by atoms with Crippen molar-refractivity contribution < 1.29 is 44.3 Å². The number of rotatable bonds is 3. The zero-order valence-corrected chi connectivity index (χ0v) is 12.3. The van der Waals surface area contributed by atoms with Crippen molar-refractivity contribution in [1.29, 1.82) is 0 Å². The summed E-state index contributed by atoms with van der Waals surface area (Å²) in [7, 11) is 0. The molecule has 0 saturated heterocycles. The van der Waals surface area contributed by atoms with E-state index in [2.05, 4.69) is 0 Å². The Balaban J connectivity index is 3.16. The lowest BCUT2D eigenvalue weighted by atomic mass is 9.97. The van der Waals surface area contributed by atoms with Gasteiger partial charge in [0.2, 0.25) is 0 Å². The minimum absolute atomic E-state index is 0.0260. The second-order valence-corrected chi connectivity index (χ2v) is 4.97. The molecule has 0 aromatic heterocycles. The van der Waals surface area contributed by atoms with Gasteiger partial charge in [0.1, 0.15) is 0 Å². The average Bonchev–Trinajstić information content (AvgIpc) is 2.41. The molecular formula is C13H11F9N2O. The number of hydrogen-bond donors (Lipinski definition) is 2. The van der Waals surface area contributed by atoms with Gasteiger partial charge in [-0.2, -0.15) is 39.5 Å². The molecule has 0 bridgehead atoms. The molecule has 0 aliphatic carbocycles. The van der Waals surface area contributed by atoms with Crippen LogP contribution in [0.2, 0.25) is 0 Å². The molecule has 0 spiro atoms. The van der Waals surface area contributed by atoms with E-state index < -0.39 is 36.1 Å². The molecule has 0 heterocycles. The SMILES string of the molecule is C[C@H](NC(=O)NC(C(F)(F)F)(C(F)(F)F)C(F)(F)F)c1ccccc1. The lowest BCUT2D eigenvalue weighted by molar-refractivity contribution is -0.386. The Hall–Kier alpha value is -2.14. The van der Waals surface area contributed by atoms with Gasteiger partial charge in [0.15, 0.2) is 0 Å². The average molecular weight is 382 g/mol. The number of alkyl halides is 9. The number of benzene rings is 1. The van der Waals surface area contributed by atoms with Crippen LogP contribution in [0.25, 0.3) is 0 Å². The Morgan fingerprint density at radius 2 is 1.24 bits per heavy atom. The van der Waals surface area contributed by atoms with Gasteiger partial charge in [-0.1, -0.05) is 30.3 Å². The van der Waals surface area contributed by atoms with Crippen LogP contribution >= 0.6 is 0 Å². The van der Waals surface area contributed by atoms with Gasteiger partial charge in [-0.15, -0.1) is 0 Å². The van der Waals surface area contributed by atoms with Gasteiger partial charge in [0.05, 0.1) is 6.04 Å². The molecule has 1 aromatic rings. The Morgan fingerprint density at radius 3 is 1.60 bits per heavy atom. The first-order valence-electron chi connectivity index (χ1n) is 6.47. The zero-order chi connectivity index (χ0) is 19.7. The molecule has 2 N–H and O–H groups in total. The molecule has 1 rings (SSSR count). The molecule has 0 aliphatic rings. The predicted molar refractivity (Wildman–Crippen MR) is 67.4 cm³/mol. The maximum absolute atomic E-state index is 12.7. The van der Waals surface area contributed by atoms with Crippen molar-refractivity contribution in [3.8, 4) is 0 Å². The van der Waals surface area contributed by atoms with Crippen LogP contribution in [0.4, 0.5) is 44.3 Å². The molecule has 0 aliphatic heterocycles. The number of nitrogens with one attached hydrogen (secondary N) is 2. The molecule has 0 saturated carbocycles. The van der Waals surface area contributed by atoms with Crippen LogP contribution in [0.1, 0.15) is 18.5 Å². The third-order valence-corrected chi connectivity index (χ3v) is 3.22. The third-order valence-electron chi connectivity index (χ3n) is 3.22. The summed E-state index contributed by atoms with van der Waals surface area (Å²) < 4.78 is 114. The van der Waals surface area contributed by atoms with E-state index in [1.54, 1.807) is 5.32 Å². The third kappa shape index (κ3) is 4.10. The number of carbonyl (C=O) groups excluding carboxylic acids is 1. The Morgan fingerprint density at radius 1 is 0.840 bits per heavy atom. The molecule has 12 heteroatoms. The van der Waals surface area contributed by atoms with Gasteiger partial charge in [-0.05, 0) is 12.5 Å². The second-order valence-electron chi connectivity index (χ2n) is 4.97. The first-order valence-corrected chi connectivity index (χ1v) is 6.47. The minimum Gasteiger partial charge on any atom is -0.332 e. The van der Waals surface area contributed by atoms with Crippen LogP contribution in [0.15, 0.2) is 30.3 Å². The summed E-state index contributed by atoms with van der Waals surface area (Å²) in [5.41, 5.74) is -6.14. The molecule has 1 aromatic carbocycles. The first kappa shape index (κ1) is 20.9. The van der Waals surface area contributed by atoms with E-state index in [0.29, 0.717) is 0 Å². The monoisotopic (exact) mass is 382 g/mol. The highest BCUT2D eigenvalue weighted by molar-refractivity contribution is 5.76. The van der Waals surface area contributed by atoms with Crippen LogP contribution in [0, 0.1) is 0 Å². The van der Waals surface area contributed by atoms with Crippen molar-refractivity contribution >= 4 is 6.03 Å². The van der Waals surface area contributed by atoms with Crippen molar-refractivity contribution in [3.63, 3.8) is 0 Å². The molecular weight excluding hydrogens is 371 g/mol. The quantitative estimate of drug-likeness (QED) is 0.744. The van der Waals surface area contributed by atoms with E-state index >= 15 is 0 Å². The normalized spacial score (nSPS) is 14.8. The van der Waals surface area contributed by atoms with Crippen molar-refractivity contribution in [2.75, 3.05) is 0 Å². The molecule has 142 valence electrons. The first-order chi connectivity index (χ1) is 11.1. The fraction of sp³-hybridized carbons (Fsp3) is 0.462. The number of halogens is 9. The van der Waals surface area contributed by atoms with Crippen molar-refractivity contribution in [2.45, 2.75) is 37.0 Å². The van der Waals surface area contributed by atoms with Crippen molar-refractivity contribution in [3.05, 3.63) is 35.9 Å². The fourth-order valence-electron chi connectivity index (χ4n) is 1.92. The zero-order valence-electron chi connectivity index (χ0n) is 12.3. The summed E-state index contributed by atoms with van der Waals surface area (Å²) >= 11 is 0. The largest absolute Gasteiger partial charge is 0.429 e. The standard InChI is InChI=1S/C13H11F9N2O/c1-7(8-5-3-2-4-6-8)23-9(25)24-10(11(14,15)16,12(17,18)19)13(20,21)22/h2-7H,1H3,(H2,23,24,25)/t7-/m0/s1. The lowest BCUT2D eigenvalue weighted by Gasteiger charge is -2.39. The number of urea groups is 1. The Kier molecular flexibility index (Phi) is 5.55. The van der Waals surface area contributed by atoms with Crippen molar-refractivity contribution in [2.24, 2.45) is 0 Å². The Labute approximate surface area is 135 Å². The summed E-state index contributed by atoms with van der Waals surface area (Å²) in [6, 6.07) is 3.77. The molecule has 0 radical (unpaired) electrons. The summed E-state index contributed by atoms with van der Waals surface area (Å²) in [4.78, 5) is 11.5. The highest BCUT2D eigenvalue weighted by Crippen LogP contribution is 2.52. The van der Waals surface area contributed by atoms with Gasteiger partial charge in [0, 0.05) is 0 Å². The maximum atomic E-state index is 12.7. The highest BCUT2D eigenvalue weighted by atomic mass is 19.4. The number of amides is 2. The highest BCUT2D eigenvalue weighted by Gasteiger charge is 2.84. The fourth-order valence-corrected chi connectivity index (χ4v) is 1.92. The van der Waals surface area contributed by atoms with Crippen LogP contribution in [0.3, 0.4) is 0 Å². The summed E-state index contributed by atoms with van der Waals surface area (Å²) in [6.45, 7) is 1.17. The van der Waals surface area contributed by atoms with E-state index in [0.717, 1.165) is 0 Å². The summed E-state index contributed by atoms with van der Waals surface area (Å²) in [6.07, 6.45) is -20.6. The molecule has 0 unspecified atom stereocenters. The predicted octanol–water partition coefficient (Wildman–Crippen LogP) is 4.47. The van der Waals surface area contributed by atoms with Crippen molar-refractivity contribution in [1.82, 2.24) is 10.6 Å². The molecule has 25 heavy (non-hydrogen) atoms. The molecule has 1 atom stereocenters. The summed E-state index contributed by atoms with van der Waals surface area (Å²) in [5, 5.41) is 1.64. The maximum Gasteiger partial charge on any atom is 0.429 e. The van der Waals surface area contributed by atoms with E-state index in [4.69, 9.17) is 0 Å². The second kappa shape index (κ2) is 6.64. The van der Waals surface area contributed by atoms with E-state index in [9.17, 15) is 44.3 Å². The topological polar surface area (TPSA) is 41.1 Å². The van der Waals surface area contributed by atoms with Gasteiger partial charge in [-0.3, -0.25) is 0 Å². The molecule has 3 nitrogen and oxygen atoms in total. The Bertz CT molecular complexity index is 556. The number of hydrogen-bond acceptors (Lipinski definition) is 1. The van der Waals surface area contributed by atoms with Gasteiger partial charge in [-0.25, -0.2) is 4.79 Å². The van der Waals surface area contributed by atoms with Gasteiger partial charge in [0.25, 0.3) is 0 Å². The van der Waals surface area contributed by atoms with E-state index in [1.165, 1.54) is 37.3 Å². The molecule has 0 fully saturated rings. The van der Waals surface area contributed by atoms with Gasteiger partial charge < -0.3 is 10.6 Å². The van der Waals surface area contributed by atoms with Crippen LogP contribution in [-0.2, 0) is 0 Å². The van der Waals surface area contributed by atoms with E-state index in [1.807, 2.05) is 0 Å². The van der Waals surface area contributed by atoms with Crippen LogP contribution < -0.4 is 10.6 Å². The summed E-state index contributed by atoms with van der Waals surface area (Å²) in [5.74, 6) is 0. The molecule has 2 amide bonds. The van der Waals surface area contributed by atoms with E-state index in [-0.39, 0.29) is 10.9 Å². The van der Waals surface area contributed by atoms with Crippen LogP contribution in [-0.4, -0.2) is 30.1 Å².